The summed E-state index contributed by atoms with van der Waals surface area (Å²) in [4.78, 5) is 22.8. The summed E-state index contributed by atoms with van der Waals surface area (Å²) in [6, 6.07) is 0. The third kappa shape index (κ3) is 40.3. The number of quaternary nitrogens is 1. The summed E-state index contributed by atoms with van der Waals surface area (Å²) in [5.41, 5.74) is 0. The Labute approximate surface area is 316 Å². The van der Waals surface area contributed by atoms with Gasteiger partial charge in [0.15, 0.2) is 0 Å². The van der Waals surface area contributed by atoms with Gasteiger partial charge in [0.1, 0.15) is 19.3 Å². The molecule has 304 valence electrons. The lowest BCUT2D eigenvalue weighted by atomic mass is 10.0. The van der Waals surface area contributed by atoms with Gasteiger partial charge in [-0.3, -0.25) is 13.8 Å². The van der Waals surface area contributed by atoms with E-state index in [1.165, 1.54) is 122 Å². The Balaban J connectivity index is 4.13. The van der Waals surface area contributed by atoms with Crippen molar-refractivity contribution in [1.82, 2.24) is 0 Å². The average Bonchev–Trinajstić information content (AvgIpc) is 3.08. The number of hydrogen-bond donors (Lipinski definition) is 1. The first kappa shape index (κ1) is 50.2. The minimum absolute atomic E-state index is 0.0899. The number of allylic oxidation sites excluding steroid dienone is 2. The van der Waals surface area contributed by atoms with Crippen LogP contribution < -0.4 is 0 Å². The van der Waals surface area contributed by atoms with Crippen molar-refractivity contribution in [2.45, 2.75) is 200 Å². The molecule has 0 aromatic carbocycles. The highest BCUT2D eigenvalue weighted by Crippen LogP contribution is 2.43. The summed E-state index contributed by atoms with van der Waals surface area (Å²) < 4.78 is 34.9. The molecule has 2 atom stereocenters. The molecule has 0 amide bonds. The van der Waals surface area contributed by atoms with Gasteiger partial charge in [0.25, 0.3) is 0 Å². The topological polar surface area (TPSA) is 91.3 Å². The molecular formula is C42H85NO7P+. The van der Waals surface area contributed by atoms with Crippen molar-refractivity contribution in [3.63, 3.8) is 0 Å². The lowest BCUT2D eigenvalue weighted by molar-refractivity contribution is -0.870. The Morgan fingerprint density at radius 3 is 1.57 bits per heavy atom. The van der Waals surface area contributed by atoms with Crippen LogP contribution in [0.2, 0.25) is 0 Å². The monoisotopic (exact) mass is 747 g/mol. The zero-order valence-electron chi connectivity index (χ0n) is 34.4. The van der Waals surface area contributed by atoms with Crippen molar-refractivity contribution in [3.8, 4) is 0 Å². The lowest BCUT2D eigenvalue weighted by Crippen LogP contribution is -2.37. The Morgan fingerprint density at radius 2 is 1.06 bits per heavy atom. The predicted molar refractivity (Wildman–Crippen MR) is 215 cm³/mol. The number of nitrogens with zero attached hydrogens (tertiary/aromatic N) is 1. The van der Waals surface area contributed by atoms with E-state index in [2.05, 4.69) is 26.0 Å². The number of carbonyl (C=O) groups is 1. The first-order chi connectivity index (χ1) is 24.6. The van der Waals surface area contributed by atoms with E-state index in [4.69, 9.17) is 18.5 Å². The van der Waals surface area contributed by atoms with E-state index in [1.807, 2.05) is 21.1 Å². The van der Waals surface area contributed by atoms with E-state index in [0.717, 1.165) is 51.4 Å². The van der Waals surface area contributed by atoms with E-state index in [9.17, 15) is 14.3 Å². The fourth-order valence-corrected chi connectivity index (χ4v) is 6.71. The Morgan fingerprint density at radius 1 is 0.588 bits per heavy atom. The Hall–Kier alpha value is -0.760. The van der Waals surface area contributed by atoms with E-state index < -0.39 is 13.9 Å². The summed E-state index contributed by atoms with van der Waals surface area (Å²) in [7, 11) is 1.67. The molecule has 0 aromatic heterocycles. The van der Waals surface area contributed by atoms with Crippen LogP contribution in [-0.2, 0) is 27.9 Å². The molecule has 0 saturated heterocycles. The number of esters is 1. The molecule has 0 bridgehead atoms. The van der Waals surface area contributed by atoms with Gasteiger partial charge in [-0.25, -0.2) is 4.57 Å². The van der Waals surface area contributed by atoms with Gasteiger partial charge in [-0.1, -0.05) is 167 Å². The highest BCUT2D eigenvalue weighted by atomic mass is 31.2. The maximum absolute atomic E-state index is 12.6. The molecule has 9 heteroatoms. The van der Waals surface area contributed by atoms with Gasteiger partial charge >= 0.3 is 13.8 Å². The van der Waals surface area contributed by atoms with Crippen LogP contribution in [-0.4, -0.2) is 75.6 Å². The second-order valence-corrected chi connectivity index (χ2v) is 17.2. The number of unbranched alkanes of at least 4 members (excludes halogenated alkanes) is 24. The third-order valence-corrected chi connectivity index (χ3v) is 10.3. The largest absolute Gasteiger partial charge is 0.472 e. The third-order valence-electron chi connectivity index (χ3n) is 9.31. The normalized spacial score (nSPS) is 13.9. The van der Waals surface area contributed by atoms with Gasteiger partial charge in [0.2, 0.25) is 0 Å². The quantitative estimate of drug-likeness (QED) is 0.0219. The van der Waals surface area contributed by atoms with Crippen molar-refractivity contribution >= 4 is 13.8 Å². The summed E-state index contributed by atoms with van der Waals surface area (Å²) in [6.07, 6.45) is 38.2. The number of carbonyl (C=O) groups excluding carboxylic acids is 1. The van der Waals surface area contributed by atoms with Crippen molar-refractivity contribution in [3.05, 3.63) is 12.2 Å². The molecule has 0 aliphatic carbocycles. The molecule has 0 spiro atoms. The second-order valence-electron chi connectivity index (χ2n) is 15.7. The summed E-state index contributed by atoms with van der Waals surface area (Å²) >= 11 is 0. The molecule has 0 aliphatic heterocycles. The van der Waals surface area contributed by atoms with Gasteiger partial charge in [0.05, 0.1) is 34.4 Å². The summed E-state index contributed by atoms with van der Waals surface area (Å²) in [5, 5.41) is 0. The van der Waals surface area contributed by atoms with E-state index in [1.54, 1.807) is 0 Å². The molecular weight excluding hydrogens is 661 g/mol. The van der Waals surface area contributed by atoms with E-state index >= 15 is 0 Å². The van der Waals surface area contributed by atoms with Crippen LogP contribution in [0.5, 0.6) is 0 Å². The SMILES string of the molecule is CCC/C=C\CCCCCCCC(=O)OC(COCCCCCCCCCCCCCCCCCCCCC)COP(=O)(O)OCC[N+](C)(C)C. The van der Waals surface area contributed by atoms with Crippen LogP contribution in [0.25, 0.3) is 0 Å². The highest BCUT2D eigenvalue weighted by molar-refractivity contribution is 7.47. The molecule has 0 aromatic rings. The van der Waals surface area contributed by atoms with E-state index in [0.29, 0.717) is 24.1 Å². The van der Waals surface area contributed by atoms with E-state index in [-0.39, 0.29) is 25.8 Å². The molecule has 0 heterocycles. The predicted octanol–water partition coefficient (Wildman–Crippen LogP) is 12.3. The first-order valence-electron chi connectivity index (χ1n) is 21.4. The molecule has 51 heavy (non-hydrogen) atoms. The van der Waals surface area contributed by atoms with Crippen LogP contribution in [0.3, 0.4) is 0 Å². The van der Waals surface area contributed by atoms with Gasteiger partial charge in [-0.15, -0.1) is 0 Å². The Kier molecular flexibility index (Phi) is 35.7. The average molecular weight is 747 g/mol. The highest BCUT2D eigenvalue weighted by Gasteiger charge is 2.26. The molecule has 0 aliphatic rings. The van der Waals surface area contributed by atoms with Gasteiger partial charge in [0, 0.05) is 13.0 Å². The number of phosphoric acid groups is 1. The molecule has 1 N–H and O–H groups in total. The van der Waals surface area contributed by atoms with Crippen LogP contribution in [0.1, 0.15) is 194 Å². The van der Waals surface area contributed by atoms with Crippen molar-refractivity contribution in [2.24, 2.45) is 0 Å². The van der Waals surface area contributed by atoms with Gasteiger partial charge in [-0.2, -0.15) is 0 Å². The fourth-order valence-electron chi connectivity index (χ4n) is 5.97. The van der Waals surface area contributed by atoms with Crippen molar-refractivity contribution < 1.29 is 37.3 Å². The number of phosphoric ester groups is 1. The number of ether oxygens (including phenoxy) is 2. The zero-order chi connectivity index (χ0) is 37.7. The fraction of sp³-hybridized carbons (Fsp3) is 0.929. The molecule has 8 nitrogen and oxygen atoms in total. The van der Waals surface area contributed by atoms with Gasteiger partial charge in [-0.05, 0) is 32.1 Å². The van der Waals surface area contributed by atoms with Gasteiger partial charge < -0.3 is 18.9 Å². The maximum Gasteiger partial charge on any atom is 0.472 e. The van der Waals surface area contributed by atoms with Crippen LogP contribution in [0, 0.1) is 0 Å². The van der Waals surface area contributed by atoms with Crippen molar-refractivity contribution in [1.29, 1.82) is 0 Å². The molecule has 0 fully saturated rings. The van der Waals surface area contributed by atoms with Crippen molar-refractivity contribution in [2.75, 3.05) is 54.1 Å². The molecule has 2 unspecified atom stereocenters. The molecule has 0 rings (SSSR count). The minimum atomic E-state index is -4.27. The first-order valence-corrected chi connectivity index (χ1v) is 22.9. The smallest absolute Gasteiger partial charge is 0.457 e. The standard InChI is InChI=1S/C42H84NO7P/c1-6-8-10-12-14-16-18-19-20-21-22-23-24-25-26-28-30-32-34-37-47-39-41(40-49-51(45,46)48-38-36-43(3,4)5)50-42(44)35-33-31-29-27-17-15-13-11-9-7-2/h11,13,41H,6-10,12,14-40H2,1-5H3/p+1/b13-11-. The number of hydrogen-bond acceptors (Lipinski definition) is 6. The number of rotatable bonds is 40. The summed E-state index contributed by atoms with van der Waals surface area (Å²) in [5.74, 6) is -0.322. The lowest BCUT2D eigenvalue weighted by Gasteiger charge is -2.24. The zero-order valence-corrected chi connectivity index (χ0v) is 35.3. The molecule has 0 saturated carbocycles. The molecule has 0 radical (unpaired) electrons. The Bertz CT molecular complexity index is 833. The van der Waals surface area contributed by atoms with Crippen LogP contribution in [0.4, 0.5) is 0 Å². The van der Waals surface area contributed by atoms with Crippen LogP contribution >= 0.6 is 7.82 Å². The minimum Gasteiger partial charge on any atom is -0.457 e. The number of likely N-dealkylation sites (N-methyl/N-ethyl adjacent to an activating group) is 1. The van der Waals surface area contributed by atoms with Crippen LogP contribution in [0.15, 0.2) is 12.2 Å². The second kappa shape index (κ2) is 36.2. The maximum atomic E-state index is 12.6. The summed E-state index contributed by atoms with van der Waals surface area (Å²) in [6.45, 7) is 5.58.